The van der Waals surface area contributed by atoms with Gasteiger partial charge in [-0.25, -0.2) is 13.4 Å². The Morgan fingerprint density at radius 3 is 3.00 bits per heavy atom. The quantitative estimate of drug-likeness (QED) is 0.862. The lowest BCUT2D eigenvalue weighted by atomic mass is 10.2. The molecule has 2 rings (SSSR count). The first-order valence-electron chi connectivity index (χ1n) is 6.16. The highest BCUT2D eigenvalue weighted by atomic mass is 32.2. The van der Waals surface area contributed by atoms with Crippen molar-refractivity contribution in [3.8, 4) is 0 Å². The lowest BCUT2D eigenvalue weighted by Crippen LogP contribution is -2.27. The molecule has 0 bridgehead atoms. The van der Waals surface area contributed by atoms with Crippen LogP contribution in [0.2, 0.25) is 0 Å². The van der Waals surface area contributed by atoms with Crippen molar-refractivity contribution in [3.63, 3.8) is 0 Å². The molecule has 1 aliphatic heterocycles. The molecule has 1 saturated heterocycles. The number of hydrogen-bond acceptors (Lipinski definition) is 5. The molecule has 0 spiro atoms. The lowest BCUT2D eigenvalue weighted by molar-refractivity contribution is 0.597. The fourth-order valence-electron chi connectivity index (χ4n) is 2.12. The summed E-state index contributed by atoms with van der Waals surface area (Å²) in [6.45, 7) is 2.09. The van der Waals surface area contributed by atoms with Gasteiger partial charge in [-0.3, -0.25) is 0 Å². The van der Waals surface area contributed by atoms with Gasteiger partial charge >= 0.3 is 0 Å². The highest BCUT2D eigenvalue weighted by molar-refractivity contribution is 7.91. The number of sulfone groups is 1. The molecule has 0 atom stereocenters. The Bertz CT molecular complexity index is 502. The molecule has 6 heteroatoms. The molecule has 0 amide bonds. The van der Waals surface area contributed by atoms with Gasteiger partial charge in [-0.15, -0.1) is 0 Å². The molecule has 1 N–H and O–H groups in total. The van der Waals surface area contributed by atoms with Crippen LogP contribution in [0.5, 0.6) is 0 Å². The predicted octanol–water partition coefficient (Wildman–Crippen LogP) is 0.426. The number of hydrogen-bond donors (Lipinski definition) is 1. The monoisotopic (exact) mass is 269 g/mol. The zero-order valence-corrected chi connectivity index (χ0v) is 11.4. The highest BCUT2D eigenvalue weighted by Gasteiger charge is 2.19. The van der Waals surface area contributed by atoms with Crippen LogP contribution in [-0.2, 0) is 16.4 Å². The van der Waals surface area contributed by atoms with Crippen LogP contribution in [0.25, 0.3) is 0 Å². The van der Waals surface area contributed by atoms with E-state index < -0.39 is 9.84 Å². The number of rotatable bonds is 3. The summed E-state index contributed by atoms with van der Waals surface area (Å²) in [7, 11) is -0.961. The van der Waals surface area contributed by atoms with Gasteiger partial charge in [0.25, 0.3) is 0 Å². The lowest BCUT2D eigenvalue weighted by Gasteiger charge is -2.21. The molecule has 0 aliphatic carbocycles. The maximum Gasteiger partial charge on any atom is 0.152 e. The van der Waals surface area contributed by atoms with Crippen molar-refractivity contribution in [2.45, 2.75) is 13.0 Å². The minimum atomic E-state index is -2.86. The zero-order chi connectivity index (χ0) is 13.0. The molecule has 1 aromatic rings. The van der Waals surface area contributed by atoms with Crippen molar-refractivity contribution < 1.29 is 8.42 Å². The third-order valence-electron chi connectivity index (χ3n) is 3.07. The van der Waals surface area contributed by atoms with E-state index in [2.05, 4.69) is 15.2 Å². The third-order valence-corrected chi connectivity index (χ3v) is 4.79. The largest absolute Gasteiger partial charge is 0.356 e. The fraction of sp³-hybridized carbons (Fsp3) is 0.583. The number of nitrogens with zero attached hydrogens (tertiary/aromatic N) is 2. The molecule has 0 unspecified atom stereocenters. The van der Waals surface area contributed by atoms with Crippen LogP contribution in [0.15, 0.2) is 18.3 Å². The Morgan fingerprint density at radius 1 is 1.39 bits per heavy atom. The normalized spacial score (nSPS) is 19.5. The second kappa shape index (κ2) is 5.67. The second-order valence-corrected chi connectivity index (χ2v) is 6.85. The highest BCUT2D eigenvalue weighted by Crippen LogP contribution is 2.16. The minimum Gasteiger partial charge on any atom is -0.356 e. The molecule has 1 fully saturated rings. The van der Waals surface area contributed by atoms with Gasteiger partial charge in [0.1, 0.15) is 5.82 Å². The van der Waals surface area contributed by atoms with Gasteiger partial charge in [-0.1, -0.05) is 0 Å². The van der Waals surface area contributed by atoms with Gasteiger partial charge in [0.05, 0.1) is 11.5 Å². The van der Waals surface area contributed by atoms with Crippen LogP contribution >= 0.6 is 0 Å². The molecule has 0 aromatic carbocycles. The van der Waals surface area contributed by atoms with Gasteiger partial charge < -0.3 is 10.2 Å². The maximum absolute atomic E-state index is 11.6. The minimum absolute atomic E-state index is 0.227. The van der Waals surface area contributed by atoms with E-state index in [0.29, 0.717) is 18.7 Å². The van der Waals surface area contributed by atoms with Gasteiger partial charge in [0.2, 0.25) is 0 Å². The number of aromatic nitrogens is 1. The summed E-state index contributed by atoms with van der Waals surface area (Å²) in [5, 5.41) is 3.10. The number of pyridine rings is 1. The average Bonchev–Trinajstić information content (AvgIpc) is 2.51. The fourth-order valence-corrected chi connectivity index (χ4v) is 3.39. The molecule has 18 heavy (non-hydrogen) atoms. The van der Waals surface area contributed by atoms with Crippen LogP contribution in [0.3, 0.4) is 0 Å². The van der Waals surface area contributed by atoms with E-state index in [0.717, 1.165) is 24.5 Å². The summed E-state index contributed by atoms with van der Waals surface area (Å²) in [6, 6.07) is 3.99. The van der Waals surface area contributed by atoms with Gasteiger partial charge in [0, 0.05) is 25.8 Å². The number of anilines is 1. The van der Waals surface area contributed by atoms with E-state index in [9.17, 15) is 8.42 Å². The Labute approximate surface area is 108 Å². The average molecular weight is 269 g/mol. The molecule has 0 radical (unpaired) electrons. The Kier molecular flexibility index (Phi) is 4.19. The SMILES string of the molecule is CNCc1ccnc(N2CCCS(=O)(=O)CC2)c1. The van der Waals surface area contributed by atoms with Gasteiger partial charge in [-0.2, -0.15) is 0 Å². The van der Waals surface area contributed by atoms with Crippen molar-refractivity contribution in [2.24, 2.45) is 0 Å². The van der Waals surface area contributed by atoms with Gasteiger partial charge in [-0.05, 0) is 31.2 Å². The second-order valence-electron chi connectivity index (χ2n) is 4.55. The maximum atomic E-state index is 11.6. The molecule has 0 saturated carbocycles. The first-order chi connectivity index (χ1) is 8.61. The van der Waals surface area contributed by atoms with Crippen molar-refractivity contribution in [1.29, 1.82) is 0 Å². The van der Waals surface area contributed by atoms with Crippen molar-refractivity contribution >= 4 is 15.7 Å². The summed E-state index contributed by atoms with van der Waals surface area (Å²) in [5.74, 6) is 1.39. The predicted molar refractivity (Wildman–Crippen MR) is 72.5 cm³/mol. The first kappa shape index (κ1) is 13.3. The van der Waals surface area contributed by atoms with Crippen LogP contribution in [0.1, 0.15) is 12.0 Å². The Morgan fingerprint density at radius 2 is 2.22 bits per heavy atom. The van der Waals surface area contributed by atoms with E-state index in [1.807, 2.05) is 19.2 Å². The molecule has 100 valence electrons. The topological polar surface area (TPSA) is 62.3 Å². The summed E-state index contributed by atoms with van der Waals surface area (Å²) in [6.07, 6.45) is 2.46. The van der Waals surface area contributed by atoms with E-state index in [-0.39, 0.29) is 5.75 Å². The van der Waals surface area contributed by atoms with Crippen LogP contribution in [-0.4, -0.2) is 45.0 Å². The summed E-state index contributed by atoms with van der Waals surface area (Å²) >= 11 is 0. The van der Waals surface area contributed by atoms with E-state index in [4.69, 9.17) is 0 Å². The van der Waals surface area contributed by atoms with Crippen LogP contribution < -0.4 is 10.2 Å². The standard InChI is InChI=1S/C12H19N3O2S/c1-13-10-11-3-4-14-12(9-11)15-5-2-7-18(16,17)8-6-15/h3-4,9,13H,2,5-8,10H2,1H3. The molecule has 2 heterocycles. The van der Waals surface area contributed by atoms with E-state index in [1.54, 1.807) is 6.20 Å². The summed E-state index contributed by atoms with van der Waals surface area (Å²) < 4.78 is 23.1. The van der Waals surface area contributed by atoms with E-state index in [1.165, 1.54) is 0 Å². The smallest absolute Gasteiger partial charge is 0.152 e. The molecule has 1 aromatic heterocycles. The van der Waals surface area contributed by atoms with Crippen LogP contribution in [0.4, 0.5) is 5.82 Å². The summed E-state index contributed by atoms with van der Waals surface area (Å²) in [4.78, 5) is 6.40. The first-order valence-corrected chi connectivity index (χ1v) is 7.98. The molecule has 1 aliphatic rings. The van der Waals surface area contributed by atoms with Crippen molar-refractivity contribution in [2.75, 3.05) is 36.5 Å². The Hall–Kier alpha value is -1.14. The zero-order valence-electron chi connectivity index (χ0n) is 10.6. The van der Waals surface area contributed by atoms with E-state index >= 15 is 0 Å². The molecule has 5 nitrogen and oxygen atoms in total. The van der Waals surface area contributed by atoms with Gasteiger partial charge in [0.15, 0.2) is 9.84 Å². The molecular formula is C12H19N3O2S. The Balaban J connectivity index is 2.13. The third kappa shape index (κ3) is 3.43. The van der Waals surface area contributed by atoms with Crippen molar-refractivity contribution in [3.05, 3.63) is 23.9 Å². The van der Waals surface area contributed by atoms with Crippen LogP contribution in [0, 0.1) is 0 Å². The van der Waals surface area contributed by atoms with Crippen molar-refractivity contribution in [1.82, 2.24) is 10.3 Å². The molecular weight excluding hydrogens is 250 g/mol. The number of nitrogens with one attached hydrogen (secondary N) is 1. The summed E-state index contributed by atoms with van der Waals surface area (Å²) in [5.41, 5.74) is 1.16.